The molecule has 6 heteroatoms. The van der Waals surface area contributed by atoms with Crippen molar-refractivity contribution in [1.82, 2.24) is 0 Å². The quantitative estimate of drug-likeness (QED) is 0.662. The van der Waals surface area contributed by atoms with Gasteiger partial charge in [-0.25, -0.2) is 0 Å². The Morgan fingerprint density at radius 3 is 2.00 bits per heavy atom. The molecule has 0 bridgehead atoms. The summed E-state index contributed by atoms with van der Waals surface area (Å²) in [5.41, 5.74) is 0. The molecule has 1 rings (SSSR count). The second kappa shape index (κ2) is 3.58. The Morgan fingerprint density at radius 2 is 1.67 bits per heavy atom. The van der Waals surface area contributed by atoms with Gasteiger partial charge >= 0.3 is 0 Å². The van der Waals surface area contributed by atoms with Gasteiger partial charge in [-0.15, -0.1) is 0 Å². The summed E-state index contributed by atoms with van der Waals surface area (Å²) in [7, 11) is -4.12. The Kier molecular flexibility index (Phi) is 2.91. The molecular weight excluding hydrogens is 295 g/mol. The summed E-state index contributed by atoms with van der Waals surface area (Å²) in [4.78, 5) is -0.177. The summed E-state index contributed by atoms with van der Waals surface area (Å²) in [6.45, 7) is 0. The Hall–Kier alpha value is -0.340. The first-order valence-electron chi connectivity index (χ1n) is 2.88. The van der Waals surface area contributed by atoms with Gasteiger partial charge in [0, 0.05) is 3.57 Å². The van der Waals surface area contributed by atoms with Crippen LogP contribution in [0, 0.1) is 3.57 Å². The van der Waals surface area contributed by atoms with Gasteiger partial charge in [0.25, 0.3) is 10.1 Å². The summed E-state index contributed by atoms with van der Waals surface area (Å²) < 4.78 is 40.6. The first-order valence-corrected chi connectivity index (χ1v) is 6.28. The third-order valence-electron chi connectivity index (χ3n) is 1.20. The minimum atomic E-state index is -4.12. The van der Waals surface area contributed by atoms with E-state index in [4.69, 9.17) is 4.55 Å². The fourth-order valence-corrected chi connectivity index (χ4v) is 1.79. The lowest BCUT2D eigenvalue weighted by Gasteiger charge is -1.94. The highest BCUT2D eigenvalue weighted by Gasteiger charge is 2.07. The molecule has 0 radical (unpaired) electrons. The summed E-state index contributed by atoms with van der Waals surface area (Å²) in [5, 5.41) is 0. The van der Waals surface area contributed by atoms with E-state index in [2.05, 4.69) is 0 Å². The van der Waals surface area contributed by atoms with Gasteiger partial charge in [-0.2, -0.15) is 8.42 Å². The molecule has 0 aliphatic carbocycles. The number of rotatable bonds is 2. The van der Waals surface area contributed by atoms with Crippen LogP contribution in [0.25, 0.3) is 0 Å². The minimum Gasteiger partial charge on any atom is -0.282 e. The zero-order valence-corrected chi connectivity index (χ0v) is 8.74. The van der Waals surface area contributed by atoms with Crippen LogP contribution in [0.3, 0.4) is 0 Å². The summed E-state index contributed by atoms with van der Waals surface area (Å²) in [6, 6.07) is 5.29. The molecule has 0 fully saturated rings. The maximum Gasteiger partial charge on any atom is 0.294 e. The Balaban J connectivity index is 3.17. The smallest absolute Gasteiger partial charge is 0.282 e. The molecule has 0 aliphatic heterocycles. The van der Waals surface area contributed by atoms with Crippen molar-refractivity contribution in [3.8, 4) is 0 Å². The molecular formula is C6H5IO4S. The molecule has 0 heterocycles. The molecule has 0 atom stereocenters. The number of hydrogen-bond donors (Lipinski definition) is 1. The van der Waals surface area contributed by atoms with Crippen molar-refractivity contribution in [3.05, 3.63) is 27.8 Å². The zero-order chi connectivity index (χ0) is 9.19. The van der Waals surface area contributed by atoms with Gasteiger partial charge in [0.1, 0.15) is 0 Å². The predicted octanol–water partition coefficient (Wildman–Crippen LogP) is 1.42. The van der Waals surface area contributed by atoms with Crippen molar-refractivity contribution >= 4 is 31.3 Å². The van der Waals surface area contributed by atoms with Gasteiger partial charge in [-0.1, -0.05) is 0 Å². The molecule has 0 spiro atoms. The van der Waals surface area contributed by atoms with Crippen LogP contribution in [-0.4, -0.2) is 13.0 Å². The van der Waals surface area contributed by atoms with Crippen LogP contribution in [0.2, 0.25) is 0 Å². The van der Waals surface area contributed by atoms with Crippen molar-refractivity contribution in [2.24, 2.45) is 0 Å². The van der Waals surface area contributed by atoms with E-state index in [9.17, 15) is 11.5 Å². The molecule has 0 aliphatic rings. The fourth-order valence-electron chi connectivity index (χ4n) is 0.658. The van der Waals surface area contributed by atoms with Crippen molar-refractivity contribution in [2.45, 2.75) is 4.90 Å². The van der Waals surface area contributed by atoms with E-state index in [1.165, 1.54) is 24.3 Å². The molecule has 0 aromatic heterocycles. The van der Waals surface area contributed by atoms with Crippen molar-refractivity contribution in [1.29, 1.82) is 0 Å². The Morgan fingerprint density at radius 1 is 1.17 bits per heavy atom. The molecule has 0 saturated heterocycles. The predicted molar refractivity (Wildman–Crippen MR) is 49.7 cm³/mol. The fraction of sp³-hybridized carbons (Fsp3) is 0. The number of benzene rings is 1. The monoisotopic (exact) mass is 300 g/mol. The SMILES string of the molecule is O=Ic1ccc(S(=O)(=O)O)cc1. The second-order valence-electron chi connectivity index (χ2n) is 2.01. The van der Waals surface area contributed by atoms with Crippen LogP contribution in [0.5, 0.6) is 0 Å². The van der Waals surface area contributed by atoms with Crippen molar-refractivity contribution in [2.75, 3.05) is 0 Å². The largest absolute Gasteiger partial charge is 0.294 e. The van der Waals surface area contributed by atoms with E-state index < -0.39 is 31.3 Å². The van der Waals surface area contributed by atoms with E-state index in [-0.39, 0.29) is 4.90 Å². The Bertz CT molecular complexity index is 381. The lowest BCUT2D eigenvalue weighted by atomic mass is 10.4. The summed E-state index contributed by atoms with van der Waals surface area (Å²) in [5.74, 6) is 0. The molecule has 0 amide bonds. The highest BCUT2D eigenvalue weighted by atomic mass is 127. The lowest BCUT2D eigenvalue weighted by molar-refractivity contribution is 0.483. The van der Waals surface area contributed by atoms with Gasteiger partial charge in [0.15, 0.2) is 21.2 Å². The van der Waals surface area contributed by atoms with Crippen LogP contribution >= 0.6 is 21.2 Å². The number of halogens is 1. The maximum absolute atomic E-state index is 10.5. The highest BCUT2D eigenvalue weighted by Crippen LogP contribution is 2.13. The van der Waals surface area contributed by atoms with E-state index >= 15 is 0 Å². The normalized spacial score (nSPS) is 11.4. The van der Waals surface area contributed by atoms with Crippen LogP contribution in [-0.2, 0) is 13.2 Å². The van der Waals surface area contributed by atoms with Crippen LogP contribution in [0.4, 0.5) is 0 Å². The maximum atomic E-state index is 10.5. The first kappa shape index (κ1) is 9.75. The van der Waals surface area contributed by atoms with Crippen LogP contribution in [0.1, 0.15) is 0 Å². The van der Waals surface area contributed by atoms with E-state index in [1.807, 2.05) is 0 Å². The number of hydrogen-bond acceptors (Lipinski definition) is 3. The molecule has 0 unspecified atom stereocenters. The molecule has 4 nitrogen and oxygen atoms in total. The van der Waals surface area contributed by atoms with E-state index in [1.54, 1.807) is 0 Å². The molecule has 1 N–H and O–H groups in total. The highest BCUT2D eigenvalue weighted by molar-refractivity contribution is 14.1. The van der Waals surface area contributed by atoms with Crippen molar-refractivity contribution < 1.29 is 16.0 Å². The summed E-state index contributed by atoms with van der Waals surface area (Å²) in [6.07, 6.45) is 0. The molecule has 1 aromatic carbocycles. The van der Waals surface area contributed by atoms with Gasteiger partial charge in [-0.3, -0.25) is 7.62 Å². The topological polar surface area (TPSA) is 71.4 Å². The van der Waals surface area contributed by atoms with Gasteiger partial charge in [-0.05, 0) is 24.3 Å². The molecule has 1 aromatic rings. The third kappa shape index (κ3) is 2.32. The molecule has 66 valence electrons. The lowest BCUT2D eigenvalue weighted by Crippen LogP contribution is -1.96. The van der Waals surface area contributed by atoms with Gasteiger partial charge in [0.2, 0.25) is 0 Å². The molecule has 12 heavy (non-hydrogen) atoms. The third-order valence-corrected chi connectivity index (χ3v) is 3.30. The van der Waals surface area contributed by atoms with Gasteiger partial charge in [0.05, 0.1) is 4.90 Å². The van der Waals surface area contributed by atoms with Crippen LogP contribution < -0.4 is 0 Å². The zero-order valence-electron chi connectivity index (χ0n) is 5.77. The second-order valence-corrected chi connectivity index (χ2v) is 5.11. The van der Waals surface area contributed by atoms with Gasteiger partial charge < -0.3 is 0 Å². The standard InChI is InChI=1S/C6H5IO4S/c8-7-5-1-3-6(4-2-5)12(9,10)11/h1-4H,(H,9,10,11). The van der Waals surface area contributed by atoms with E-state index in [0.717, 1.165) is 0 Å². The summed E-state index contributed by atoms with van der Waals surface area (Å²) >= 11 is -1.27. The van der Waals surface area contributed by atoms with Crippen molar-refractivity contribution in [3.63, 3.8) is 0 Å². The van der Waals surface area contributed by atoms with Crippen LogP contribution in [0.15, 0.2) is 29.2 Å². The first-order chi connectivity index (χ1) is 5.54. The molecule has 0 saturated carbocycles. The average Bonchev–Trinajstić information content (AvgIpc) is 2.03. The van der Waals surface area contributed by atoms with E-state index in [0.29, 0.717) is 3.57 Å². The minimum absolute atomic E-state index is 0.177. The average molecular weight is 300 g/mol. The Labute approximate surface area is 80.0 Å².